The van der Waals surface area contributed by atoms with E-state index in [1.165, 1.54) is 0 Å². The van der Waals surface area contributed by atoms with Gasteiger partial charge < -0.3 is 10.1 Å². The molecule has 1 amide bonds. The predicted octanol–water partition coefficient (Wildman–Crippen LogP) is 26.4. The smallest absolute Gasteiger partial charge is 0.252 e. The summed E-state index contributed by atoms with van der Waals surface area (Å²) in [7, 11) is -0.0745. The van der Waals surface area contributed by atoms with Gasteiger partial charge in [-0.05, 0) is 334 Å². The van der Waals surface area contributed by atoms with Crippen molar-refractivity contribution in [3.05, 3.63) is 430 Å². The number of hydrogen-bond donors (Lipinski definition) is 1. The molecule has 16 aromatic carbocycles. The van der Waals surface area contributed by atoms with Crippen LogP contribution in [0.4, 0.5) is 0 Å². The largest absolute Gasteiger partial charge is 0.497 e. The number of amides is 1. The number of fused-ring (bicyclic) bond motifs is 4. The molecule has 6 heteroatoms. The standard InChI is InChI=1S/C111H86N3O2P/c1-3-75-74-114-53-51-84(75)72-108(114)110(104-50-52-112-107-49-48-101(116-2)73-106(104)107)113-111(115)105-46-28-29-47-109(105)117(102-68-97(93-58-85(76-30-12-4-13-31-76)54-86(59-93)77-32-14-5-15-33-77)66-98(69-102)94-60-87(78-34-16-6-17-35-78)55-88(61-94)79-36-18-7-19-37-79)103-70-99(95-62-89(80-38-20-8-21-39-80)56-90(63-95)81-40-22-9-23-41-81)67-100(71-103)96-64-91(82-42-24-10-25-43-82)57-92(65-96)83-44-26-11-27-45-83/h3-50,52,54-71,73,75,84,108,110H,1,51,53,72,74H2,2H3,(H,113,115)/t75-,84-,108+,110+/m0/s1. The molecule has 20 rings (SSSR count). The first-order chi connectivity index (χ1) is 57.7. The second-order valence-corrected chi connectivity index (χ2v) is 33.2. The molecule has 5 atom stereocenters. The minimum Gasteiger partial charge on any atom is -0.497 e. The number of ether oxygens (including phenoxy) is 1. The summed E-state index contributed by atoms with van der Waals surface area (Å²) in [6.07, 6.45) is 6.04. The van der Waals surface area contributed by atoms with Gasteiger partial charge in [0.25, 0.3) is 5.91 Å². The quantitative estimate of drug-likeness (QED) is 0.0575. The highest BCUT2D eigenvalue weighted by Crippen LogP contribution is 2.48. The molecule has 5 nitrogen and oxygen atoms in total. The Kier molecular flexibility index (Phi) is 20.8. The summed E-state index contributed by atoms with van der Waals surface area (Å²) in [5.74, 6) is 1.37. The number of benzene rings is 16. The molecule has 0 spiro atoms. The van der Waals surface area contributed by atoms with Gasteiger partial charge in [-0.1, -0.05) is 267 Å². The SMILES string of the molecule is C=C[C@H]1CN2CC[C@H]1C[C@@H]2[C@H](NC(=O)c1ccccc1P(c1cc(-c2cc(-c3ccccc3)cc(-c3ccccc3)c2)cc(-c2cc(-c3ccccc3)cc(-c3ccccc3)c2)c1)c1cc(-c2cc(-c3ccccc3)cc(-c3ccccc3)c2)cc(-c2cc(-c3ccccc3)cc(-c3ccccc3)c2)c1)c1ccnc2ccc(OC)cc12. The zero-order valence-electron chi connectivity index (χ0n) is 65.3. The lowest BCUT2D eigenvalue weighted by molar-refractivity contribution is 0.00171. The van der Waals surface area contributed by atoms with Crippen molar-refractivity contribution in [2.24, 2.45) is 11.8 Å². The topological polar surface area (TPSA) is 54.5 Å². The second kappa shape index (κ2) is 33.0. The number of carbonyl (C=O) groups excluding carboxylic acids is 1. The fraction of sp³-hybridized carbons (Fsp3) is 0.0811. The van der Waals surface area contributed by atoms with E-state index in [0.717, 1.165) is 198 Å². The van der Waals surface area contributed by atoms with Gasteiger partial charge in [0.05, 0.1) is 18.7 Å². The van der Waals surface area contributed by atoms with E-state index in [1.807, 2.05) is 18.3 Å². The van der Waals surface area contributed by atoms with E-state index < -0.39 is 14.0 Å². The summed E-state index contributed by atoms with van der Waals surface area (Å²) in [6, 6.07) is 146. The lowest BCUT2D eigenvalue weighted by Gasteiger charge is -2.51. The van der Waals surface area contributed by atoms with E-state index in [4.69, 9.17) is 9.72 Å². The molecule has 0 radical (unpaired) electrons. The van der Waals surface area contributed by atoms with E-state index in [2.05, 4.69) is 411 Å². The van der Waals surface area contributed by atoms with Crippen molar-refractivity contribution < 1.29 is 9.53 Å². The molecular weight excluding hydrogens is 1440 g/mol. The number of hydrogen-bond acceptors (Lipinski definition) is 4. The number of carbonyl (C=O) groups is 1. The maximum atomic E-state index is 17.2. The van der Waals surface area contributed by atoms with Crippen LogP contribution in [0.2, 0.25) is 0 Å². The second-order valence-electron chi connectivity index (χ2n) is 31.0. The van der Waals surface area contributed by atoms with Crippen LogP contribution < -0.4 is 26.0 Å². The average Bonchev–Trinajstić information content (AvgIpc) is 0.754. The van der Waals surface area contributed by atoms with Crippen LogP contribution in [0.5, 0.6) is 5.75 Å². The van der Waals surface area contributed by atoms with Gasteiger partial charge in [0.1, 0.15) is 5.75 Å². The maximum absolute atomic E-state index is 17.2. The lowest BCUT2D eigenvalue weighted by atomic mass is 9.73. The molecule has 2 bridgehead atoms. The fourth-order valence-corrected chi connectivity index (χ4v) is 20.4. The Morgan fingerprint density at radius 3 is 1.00 bits per heavy atom. The molecule has 1 unspecified atom stereocenters. The summed E-state index contributed by atoms with van der Waals surface area (Å²) >= 11 is 0. The normalized spacial score (nSPS) is 15.2. The maximum Gasteiger partial charge on any atom is 0.252 e. The van der Waals surface area contributed by atoms with Gasteiger partial charge in [0.2, 0.25) is 0 Å². The highest BCUT2D eigenvalue weighted by atomic mass is 31.1. The molecule has 562 valence electrons. The van der Waals surface area contributed by atoms with Crippen LogP contribution in [0.15, 0.2) is 419 Å². The number of pyridine rings is 1. The minimum absolute atomic E-state index is 0.0208. The van der Waals surface area contributed by atoms with Gasteiger partial charge in [0, 0.05) is 29.7 Å². The highest BCUT2D eigenvalue weighted by molar-refractivity contribution is 7.80. The summed E-state index contributed by atoms with van der Waals surface area (Å²) in [6.45, 7) is 6.17. The Bertz CT molecular complexity index is 5640. The molecular formula is C111H86N3O2P. The number of methoxy groups -OCH3 is 1. The van der Waals surface area contributed by atoms with Gasteiger partial charge in [0.15, 0.2) is 0 Å². The molecule has 3 fully saturated rings. The van der Waals surface area contributed by atoms with Crippen molar-refractivity contribution in [2.75, 3.05) is 20.2 Å². The Balaban J connectivity index is 0.912. The molecule has 3 aliphatic rings. The van der Waals surface area contributed by atoms with Crippen LogP contribution in [0.3, 0.4) is 0 Å². The van der Waals surface area contributed by atoms with Crippen LogP contribution in [-0.4, -0.2) is 42.0 Å². The van der Waals surface area contributed by atoms with Crippen LogP contribution in [0.1, 0.15) is 34.8 Å². The molecule has 0 saturated carbocycles. The van der Waals surface area contributed by atoms with E-state index in [9.17, 15) is 0 Å². The Morgan fingerprint density at radius 2 is 0.692 bits per heavy atom. The Labute approximate surface area is 687 Å². The summed E-state index contributed by atoms with van der Waals surface area (Å²) < 4.78 is 5.98. The van der Waals surface area contributed by atoms with Gasteiger partial charge >= 0.3 is 0 Å². The van der Waals surface area contributed by atoms with E-state index in [-0.39, 0.29) is 11.9 Å². The molecule has 3 saturated heterocycles. The van der Waals surface area contributed by atoms with Crippen LogP contribution >= 0.6 is 7.92 Å². The molecule has 1 aromatic heterocycles. The van der Waals surface area contributed by atoms with Crippen molar-refractivity contribution in [1.29, 1.82) is 0 Å². The van der Waals surface area contributed by atoms with Crippen LogP contribution in [-0.2, 0) is 0 Å². The first kappa shape index (κ1) is 73.5. The first-order valence-corrected chi connectivity index (χ1v) is 41.9. The van der Waals surface area contributed by atoms with Crippen LogP contribution in [0.25, 0.3) is 144 Å². The molecule has 3 aliphatic heterocycles. The number of rotatable bonds is 21. The van der Waals surface area contributed by atoms with Gasteiger partial charge in [-0.2, -0.15) is 0 Å². The third kappa shape index (κ3) is 15.6. The molecule has 117 heavy (non-hydrogen) atoms. The van der Waals surface area contributed by atoms with Crippen molar-refractivity contribution in [1.82, 2.24) is 15.2 Å². The minimum atomic E-state index is -1.79. The van der Waals surface area contributed by atoms with E-state index >= 15 is 4.79 Å². The van der Waals surface area contributed by atoms with Gasteiger partial charge in [-0.25, -0.2) is 0 Å². The van der Waals surface area contributed by atoms with Crippen molar-refractivity contribution >= 4 is 40.6 Å². The molecule has 4 heterocycles. The van der Waals surface area contributed by atoms with Crippen LogP contribution in [0, 0.1) is 11.8 Å². The predicted molar refractivity (Wildman–Crippen MR) is 491 cm³/mol. The number of aromatic nitrogens is 1. The third-order valence-electron chi connectivity index (χ3n) is 23.8. The van der Waals surface area contributed by atoms with Crippen molar-refractivity contribution in [3.63, 3.8) is 0 Å². The third-order valence-corrected chi connectivity index (χ3v) is 26.2. The number of nitrogens with zero attached hydrogens (tertiary/aromatic N) is 2. The molecule has 17 aromatic rings. The van der Waals surface area contributed by atoms with E-state index in [0.29, 0.717) is 17.4 Å². The van der Waals surface area contributed by atoms with Crippen molar-refractivity contribution in [3.8, 4) is 139 Å². The lowest BCUT2D eigenvalue weighted by Crippen LogP contribution is -2.57. The average molecular weight is 1520 g/mol. The number of piperidine rings is 3. The zero-order chi connectivity index (χ0) is 78.5. The van der Waals surface area contributed by atoms with Crippen molar-refractivity contribution in [2.45, 2.75) is 24.9 Å². The van der Waals surface area contributed by atoms with Gasteiger partial charge in [-0.15, -0.1) is 6.58 Å². The Hall–Kier alpha value is -13.7. The summed E-state index contributed by atoms with van der Waals surface area (Å²) in [5, 5.41) is 7.93. The summed E-state index contributed by atoms with van der Waals surface area (Å²) in [4.78, 5) is 24.8. The van der Waals surface area contributed by atoms with E-state index in [1.54, 1.807) is 7.11 Å². The highest BCUT2D eigenvalue weighted by Gasteiger charge is 2.44. The zero-order valence-corrected chi connectivity index (χ0v) is 66.2. The molecule has 1 N–H and O–H groups in total. The summed E-state index contributed by atoms with van der Waals surface area (Å²) in [5.41, 5.74) is 28.7. The Morgan fingerprint density at radius 1 is 0.385 bits per heavy atom. The monoisotopic (exact) mass is 1520 g/mol. The molecule has 0 aliphatic carbocycles. The first-order valence-electron chi connectivity index (χ1n) is 40.6. The fourth-order valence-electron chi connectivity index (χ4n) is 17.9. The van der Waals surface area contributed by atoms with Gasteiger partial charge in [-0.3, -0.25) is 14.7 Å². The number of nitrogens with one attached hydrogen (secondary N) is 1.